The van der Waals surface area contributed by atoms with Crippen LogP contribution in [0.4, 0.5) is 0 Å². The van der Waals surface area contributed by atoms with Crippen LogP contribution < -0.4 is 0 Å². The van der Waals surface area contributed by atoms with E-state index >= 15 is 0 Å². The molecular formula is C96H60U3. The van der Waals surface area contributed by atoms with E-state index in [0.717, 1.165) is 33.4 Å². The monoisotopic (exact) mass is 1930 g/mol. The van der Waals surface area contributed by atoms with Gasteiger partial charge in [-0.2, -0.15) is 146 Å². The third kappa shape index (κ3) is 13.9. The molecule has 0 N–H and O–H groups in total. The maximum Gasteiger partial charge on any atom is 2.00 e. The molecule has 0 radical (unpaired) electrons. The second-order valence-corrected chi connectivity index (χ2v) is 23.9. The number of benzene rings is 21. The summed E-state index contributed by atoms with van der Waals surface area (Å²) in [5.41, 5.74) is 6.57. The van der Waals surface area contributed by atoms with Gasteiger partial charge in [0.05, 0.1) is 0 Å². The zero-order valence-corrected chi connectivity index (χ0v) is 66.6. The fourth-order valence-corrected chi connectivity index (χ4v) is 14.1. The molecule has 0 fully saturated rings. The average molecular weight is 1930 g/mol. The Labute approximate surface area is 649 Å². The molecule has 99 heavy (non-hydrogen) atoms. The summed E-state index contributed by atoms with van der Waals surface area (Å²) in [6.07, 6.45) is 0. The Morgan fingerprint density at radius 1 is 0.121 bits per heavy atom. The Morgan fingerprint density at radius 2 is 0.242 bits per heavy atom. The zero-order valence-electron chi connectivity index (χ0n) is 54.1. The Hall–Kier alpha value is -9.32. The second-order valence-electron chi connectivity index (χ2n) is 23.9. The molecule has 3 heteroatoms. The van der Waals surface area contributed by atoms with E-state index in [9.17, 15) is 0 Å². The topological polar surface area (TPSA) is 0 Å². The van der Waals surface area contributed by atoms with Crippen LogP contribution in [0.25, 0.3) is 163 Å². The summed E-state index contributed by atoms with van der Waals surface area (Å²) in [5, 5.41) is 32.7. The van der Waals surface area contributed by atoms with Crippen molar-refractivity contribution in [2.45, 2.75) is 0 Å². The first-order valence-corrected chi connectivity index (χ1v) is 32.6. The number of rotatable bonds is 3. The van der Waals surface area contributed by atoms with Crippen LogP contribution in [0.15, 0.2) is 364 Å². The molecule has 21 rings (SSSR count). The predicted molar refractivity (Wildman–Crippen MR) is 412 cm³/mol. The molecule has 456 valence electrons. The molecule has 0 unspecified atom stereocenters. The second kappa shape index (κ2) is 31.7. The van der Waals surface area contributed by atoms with Gasteiger partial charge in [0.15, 0.2) is 0 Å². The van der Waals surface area contributed by atoms with Crippen LogP contribution in [-0.2, 0) is 0 Å². The molecule has 0 heterocycles. The summed E-state index contributed by atoms with van der Waals surface area (Å²) >= 11 is 0. The summed E-state index contributed by atoms with van der Waals surface area (Å²) in [5.74, 6) is 0. The van der Waals surface area contributed by atoms with E-state index in [-0.39, 0.29) is 93.3 Å². The number of fused-ring (bicyclic) bond motifs is 6. The van der Waals surface area contributed by atoms with Crippen molar-refractivity contribution in [1.82, 2.24) is 0 Å². The van der Waals surface area contributed by atoms with Crippen LogP contribution in [-0.4, -0.2) is 0 Å². The van der Waals surface area contributed by atoms with Crippen molar-refractivity contribution < 1.29 is 93.3 Å². The maximum atomic E-state index is 3.15. The van der Waals surface area contributed by atoms with Crippen molar-refractivity contribution in [3.8, 4) is 33.4 Å². The molecule has 0 spiro atoms. The van der Waals surface area contributed by atoms with E-state index in [1.54, 1.807) is 0 Å². The molecule has 0 aromatic heterocycles. The Balaban J connectivity index is 0.000000108. The molecule has 0 aliphatic carbocycles. The summed E-state index contributed by atoms with van der Waals surface area (Å²) in [6.45, 7) is 0. The van der Waals surface area contributed by atoms with Crippen LogP contribution in [0.3, 0.4) is 0 Å². The minimum atomic E-state index is 0. The fraction of sp³-hybridized carbons (Fsp3) is 0. The van der Waals surface area contributed by atoms with Crippen molar-refractivity contribution >= 4 is 129 Å². The normalized spacial score (nSPS) is 10.8. The first-order chi connectivity index (χ1) is 47.7. The first kappa shape index (κ1) is 68.2. The average Bonchev–Trinajstić information content (AvgIpc) is 0.742. The zero-order chi connectivity index (χ0) is 64.0. The Bertz CT molecular complexity index is 4940. The van der Waals surface area contributed by atoms with E-state index in [1.807, 2.05) is 146 Å². The van der Waals surface area contributed by atoms with E-state index < -0.39 is 0 Å². The van der Waals surface area contributed by atoms with Crippen LogP contribution in [0.2, 0.25) is 0 Å². The SMILES string of the molecule is [U+2].[U+2].[U+2].[c-]1ccccc1-c1[c-]cccc1.[c-]1ccccc1-c1[c-]cccc1.[c-]1ccccc1-c1[c-]cccc1.c1cc2cccc3c4cccc5cccc(c(c1)c23)c54.c1cc2cccc3c4cccc5cccc(c(c1)c23)c54.c1cc2cccc3c4cccc5cccc(c(c1)c23)c54. The minimum absolute atomic E-state index is 0. The smallest absolute Gasteiger partial charge is 0.226 e. The molecule has 0 saturated heterocycles. The maximum absolute atomic E-state index is 3.15. The van der Waals surface area contributed by atoms with Gasteiger partial charge in [-0.25, -0.2) is 33.4 Å². The summed E-state index contributed by atoms with van der Waals surface area (Å²) in [7, 11) is 0. The van der Waals surface area contributed by atoms with Gasteiger partial charge in [0, 0.05) is 0 Å². The van der Waals surface area contributed by atoms with Gasteiger partial charge in [-0.3, -0.25) is 0 Å². The Morgan fingerprint density at radius 3 is 0.343 bits per heavy atom. The molecule has 0 saturated carbocycles. The number of hydrogen-bond acceptors (Lipinski definition) is 0. The van der Waals surface area contributed by atoms with Crippen molar-refractivity contribution in [3.05, 3.63) is 400 Å². The van der Waals surface area contributed by atoms with Crippen molar-refractivity contribution in [2.75, 3.05) is 0 Å². The molecule has 0 nitrogen and oxygen atoms in total. The molecule has 0 amide bonds. The van der Waals surface area contributed by atoms with Gasteiger partial charge in [0.25, 0.3) is 0 Å². The van der Waals surface area contributed by atoms with E-state index in [0.29, 0.717) is 0 Å². The van der Waals surface area contributed by atoms with E-state index in [4.69, 9.17) is 0 Å². The first-order valence-electron chi connectivity index (χ1n) is 32.6. The molecular weight excluding hydrogens is 1870 g/mol. The van der Waals surface area contributed by atoms with Gasteiger partial charge in [-0.1, -0.05) is 218 Å². The third-order valence-electron chi connectivity index (χ3n) is 18.3. The largest absolute Gasteiger partial charge is 2.00 e. The standard InChI is InChI=1S/3C20H12.3C12H8.3U/c3*1-5-13-6-2-11-17-18-12-4-8-14-7-3-10-16(20(14)18)15(9-1)19(13)17;3*1-3-7-11(8-4-1)12-9-5-2-6-10-12;;;/h3*1-12H;3*1-7,9H;;;/q;;;3*-2;3*+2. The van der Waals surface area contributed by atoms with E-state index in [1.165, 1.54) is 129 Å². The van der Waals surface area contributed by atoms with Gasteiger partial charge in [-0.15, -0.1) is 36.4 Å². The fourth-order valence-electron chi connectivity index (χ4n) is 14.1. The Kier molecular flexibility index (Phi) is 21.8. The number of hydrogen-bond donors (Lipinski definition) is 0. The van der Waals surface area contributed by atoms with Crippen LogP contribution in [0.1, 0.15) is 0 Å². The third-order valence-corrected chi connectivity index (χ3v) is 18.3. The predicted octanol–water partition coefficient (Wildman–Crippen LogP) is 26.1. The van der Waals surface area contributed by atoms with Crippen LogP contribution in [0.5, 0.6) is 0 Å². The quantitative estimate of drug-likeness (QED) is 0.0940. The van der Waals surface area contributed by atoms with Gasteiger partial charge in [0.1, 0.15) is 0 Å². The molecule has 0 atom stereocenters. The van der Waals surface area contributed by atoms with Gasteiger partial charge in [-0.05, 0) is 129 Å². The molecule has 21 aromatic rings. The molecule has 0 aliphatic heterocycles. The summed E-state index contributed by atoms with van der Waals surface area (Å²) < 4.78 is 0. The minimum Gasteiger partial charge on any atom is -0.226 e. The van der Waals surface area contributed by atoms with Gasteiger partial charge in [0.2, 0.25) is 0 Å². The van der Waals surface area contributed by atoms with Gasteiger partial charge >= 0.3 is 93.3 Å². The van der Waals surface area contributed by atoms with E-state index in [2.05, 4.69) is 255 Å². The summed E-state index contributed by atoms with van der Waals surface area (Å²) in [6, 6.07) is 146. The van der Waals surface area contributed by atoms with Crippen LogP contribution >= 0.6 is 0 Å². The molecule has 21 aromatic carbocycles. The van der Waals surface area contributed by atoms with Crippen molar-refractivity contribution in [1.29, 1.82) is 0 Å². The van der Waals surface area contributed by atoms with Crippen molar-refractivity contribution in [2.24, 2.45) is 0 Å². The van der Waals surface area contributed by atoms with Gasteiger partial charge < -0.3 is 0 Å². The molecule has 0 aliphatic rings. The molecule has 0 bridgehead atoms. The summed E-state index contributed by atoms with van der Waals surface area (Å²) in [4.78, 5) is 0. The van der Waals surface area contributed by atoms with Crippen molar-refractivity contribution in [3.63, 3.8) is 0 Å². The van der Waals surface area contributed by atoms with Crippen LogP contribution in [0, 0.1) is 130 Å².